The molecule has 2 heterocycles. The second-order valence-corrected chi connectivity index (χ2v) is 7.12. The minimum Gasteiger partial charge on any atom is -0.341 e. The van der Waals surface area contributed by atoms with Gasteiger partial charge in [0.25, 0.3) is 0 Å². The average Bonchev–Trinajstić information content (AvgIpc) is 2.38. The Bertz CT molecular complexity index is 402. The van der Waals surface area contributed by atoms with Crippen LogP contribution in [-0.2, 0) is 0 Å². The van der Waals surface area contributed by atoms with Crippen molar-refractivity contribution in [2.75, 3.05) is 18.0 Å². The van der Waals surface area contributed by atoms with Gasteiger partial charge in [-0.25, -0.2) is 9.97 Å². The van der Waals surface area contributed by atoms with E-state index in [0.29, 0.717) is 10.4 Å². The third-order valence-electron chi connectivity index (χ3n) is 4.50. The summed E-state index contributed by atoms with van der Waals surface area (Å²) in [5.41, 5.74) is 0.392. The highest BCUT2D eigenvalue weighted by molar-refractivity contribution is 6.30. The first-order valence-electron chi connectivity index (χ1n) is 7.10. The molecule has 0 radical (unpaired) electrons. The maximum absolute atomic E-state index is 5.82. The van der Waals surface area contributed by atoms with Crippen molar-refractivity contribution in [3.63, 3.8) is 0 Å². The molecule has 4 heteroatoms. The van der Waals surface area contributed by atoms with Gasteiger partial charge in [-0.1, -0.05) is 39.3 Å². The molecule has 2 rings (SSSR count). The smallest absolute Gasteiger partial charge is 0.225 e. The van der Waals surface area contributed by atoms with E-state index in [9.17, 15) is 0 Å². The number of anilines is 1. The normalized spacial score (nSPS) is 19.5. The predicted octanol–water partition coefficient (Wildman–Crippen LogP) is 4.03. The minimum atomic E-state index is 0.392. The fourth-order valence-electron chi connectivity index (χ4n) is 2.78. The lowest BCUT2D eigenvalue weighted by Gasteiger charge is -2.40. The standard InChI is InChI=1S/C15H24ClN3/c1-11(15(2,3)4)12-5-7-19(8-6-12)14-17-9-13(16)10-18-14/h9-12H,5-8H2,1-4H3. The largest absolute Gasteiger partial charge is 0.341 e. The molecular weight excluding hydrogens is 258 g/mol. The number of rotatable bonds is 2. The van der Waals surface area contributed by atoms with E-state index >= 15 is 0 Å². The predicted molar refractivity (Wildman–Crippen MR) is 80.6 cm³/mol. The number of hydrogen-bond acceptors (Lipinski definition) is 3. The van der Waals surface area contributed by atoms with Crippen LogP contribution in [0, 0.1) is 17.3 Å². The molecule has 0 spiro atoms. The Morgan fingerprint density at radius 2 is 1.74 bits per heavy atom. The van der Waals surface area contributed by atoms with Crippen molar-refractivity contribution < 1.29 is 0 Å². The molecule has 1 aliphatic heterocycles. The van der Waals surface area contributed by atoms with Crippen LogP contribution >= 0.6 is 11.6 Å². The van der Waals surface area contributed by atoms with E-state index in [2.05, 4.69) is 42.6 Å². The van der Waals surface area contributed by atoms with Gasteiger partial charge in [0.1, 0.15) is 0 Å². The van der Waals surface area contributed by atoms with Crippen LogP contribution in [0.2, 0.25) is 5.02 Å². The maximum Gasteiger partial charge on any atom is 0.225 e. The fraction of sp³-hybridized carbons (Fsp3) is 0.733. The van der Waals surface area contributed by atoms with Crippen LogP contribution in [0.5, 0.6) is 0 Å². The van der Waals surface area contributed by atoms with Crippen LogP contribution in [0.15, 0.2) is 12.4 Å². The van der Waals surface area contributed by atoms with E-state index in [1.165, 1.54) is 12.8 Å². The summed E-state index contributed by atoms with van der Waals surface area (Å²) < 4.78 is 0. The van der Waals surface area contributed by atoms with E-state index in [1.807, 2.05) is 0 Å². The highest BCUT2D eigenvalue weighted by atomic mass is 35.5. The SMILES string of the molecule is CC(C1CCN(c2ncc(Cl)cn2)CC1)C(C)(C)C. The lowest BCUT2D eigenvalue weighted by molar-refractivity contribution is 0.153. The van der Waals surface area contributed by atoms with Crippen LogP contribution in [0.1, 0.15) is 40.5 Å². The van der Waals surface area contributed by atoms with Crippen LogP contribution < -0.4 is 4.90 Å². The minimum absolute atomic E-state index is 0.392. The Morgan fingerprint density at radius 3 is 2.21 bits per heavy atom. The number of hydrogen-bond donors (Lipinski definition) is 0. The molecule has 0 amide bonds. The quantitative estimate of drug-likeness (QED) is 0.820. The zero-order chi connectivity index (χ0) is 14.0. The molecule has 1 aliphatic rings. The van der Waals surface area contributed by atoms with Crippen molar-refractivity contribution in [3.05, 3.63) is 17.4 Å². The molecular formula is C15H24ClN3. The Kier molecular flexibility index (Phi) is 4.34. The van der Waals surface area contributed by atoms with E-state index < -0.39 is 0 Å². The topological polar surface area (TPSA) is 29.0 Å². The second-order valence-electron chi connectivity index (χ2n) is 6.68. The first-order chi connectivity index (χ1) is 8.88. The molecule has 0 aromatic carbocycles. The van der Waals surface area contributed by atoms with Gasteiger partial charge in [-0.15, -0.1) is 0 Å². The molecule has 1 unspecified atom stereocenters. The molecule has 1 saturated heterocycles. The van der Waals surface area contributed by atoms with Crippen molar-refractivity contribution in [1.82, 2.24) is 9.97 Å². The summed E-state index contributed by atoms with van der Waals surface area (Å²) in [6, 6.07) is 0. The van der Waals surface area contributed by atoms with E-state index in [4.69, 9.17) is 11.6 Å². The Balaban J connectivity index is 1.94. The molecule has 0 aliphatic carbocycles. The summed E-state index contributed by atoms with van der Waals surface area (Å²) in [4.78, 5) is 10.9. The molecule has 1 aromatic rings. The van der Waals surface area contributed by atoms with Crippen molar-refractivity contribution in [1.29, 1.82) is 0 Å². The van der Waals surface area contributed by atoms with Gasteiger partial charge in [-0.3, -0.25) is 0 Å². The van der Waals surface area contributed by atoms with Gasteiger partial charge >= 0.3 is 0 Å². The molecule has 0 N–H and O–H groups in total. The van der Waals surface area contributed by atoms with Crippen LogP contribution in [0.3, 0.4) is 0 Å². The van der Waals surface area contributed by atoms with Crippen molar-refractivity contribution in [3.8, 4) is 0 Å². The summed E-state index contributed by atoms with van der Waals surface area (Å²) in [6.07, 6.45) is 5.80. The lowest BCUT2D eigenvalue weighted by Crippen LogP contribution is -2.39. The molecule has 0 saturated carbocycles. The molecule has 1 aromatic heterocycles. The third-order valence-corrected chi connectivity index (χ3v) is 4.70. The molecule has 106 valence electrons. The highest BCUT2D eigenvalue weighted by Gasteiger charge is 2.31. The molecule has 0 bridgehead atoms. The summed E-state index contributed by atoms with van der Waals surface area (Å²) in [7, 11) is 0. The Hall–Kier alpha value is -0.830. The first-order valence-corrected chi connectivity index (χ1v) is 7.48. The van der Waals surface area contributed by atoms with Crippen molar-refractivity contribution in [2.24, 2.45) is 17.3 Å². The lowest BCUT2D eigenvalue weighted by atomic mass is 9.71. The molecule has 1 fully saturated rings. The van der Waals surface area contributed by atoms with Crippen molar-refractivity contribution >= 4 is 17.5 Å². The zero-order valence-electron chi connectivity index (χ0n) is 12.4. The maximum atomic E-state index is 5.82. The molecule has 19 heavy (non-hydrogen) atoms. The van der Waals surface area contributed by atoms with Gasteiger partial charge in [0.05, 0.1) is 17.4 Å². The van der Waals surface area contributed by atoms with Gasteiger partial charge in [-0.05, 0) is 30.1 Å². The van der Waals surface area contributed by atoms with Crippen LogP contribution in [-0.4, -0.2) is 23.1 Å². The number of nitrogens with zero attached hydrogens (tertiary/aromatic N) is 3. The van der Waals surface area contributed by atoms with E-state index in [0.717, 1.165) is 30.9 Å². The number of piperidine rings is 1. The van der Waals surface area contributed by atoms with Gasteiger partial charge in [-0.2, -0.15) is 0 Å². The number of halogens is 1. The third kappa shape index (κ3) is 3.59. The summed E-state index contributed by atoms with van der Waals surface area (Å²) in [6.45, 7) is 11.5. The Labute approximate surface area is 121 Å². The van der Waals surface area contributed by atoms with Gasteiger partial charge < -0.3 is 4.90 Å². The zero-order valence-corrected chi connectivity index (χ0v) is 13.1. The summed E-state index contributed by atoms with van der Waals surface area (Å²) in [5, 5.41) is 0.597. The number of aromatic nitrogens is 2. The van der Waals surface area contributed by atoms with Crippen LogP contribution in [0.25, 0.3) is 0 Å². The van der Waals surface area contributed by atoms with Crippen molar-refractivity contribution in [2.45, 2.75) is 40.5 Å². The fourth-order valence-corrected chi connectivity index (χ4v) is 2.87. The Morgan fingerprint density at radius 1 is 1.21 bits per heavy atom. The van der Waals surface area contributed by atoms with Crippen LogP contribution in [0.4, 0.5) is 5.95 Å². The monoisotopic (exact) mass is 281 g/mol. The van der Waals surface area contributed by atoms with Gasteiger partial charge in [0.15, 0.2) is 0 Å². The first kappa shape index (κ1) is 14.6. The molecule has 1 atom stereocenters. The van der Waals surface area contributed by atoms with Gasteiger partial charge in [0, 0.05) is 13.1 Å². The van der Waals surface area contributed by atoms with E-state index in [1.54, 1.807) is 12.4 Å². The average molecular weight is 282 g/mol. The highest BCUT2D eigenvalue weighted by Crippen LogP contribution is 2.37. The van der Waals surface area contributed by atoms with E-state index in [-0.39, 0.29) is 0 Å². The summed E-state index contributed by atoms with van der Waals surface area (Å²) >= 11 is 5.82. The summed E-state index contributed by atoms with van der Waals surface area (Å²) in [5.74, 6) is 2.37. The molecule has 3 nitrogen and oxygen atoms in total. The van der Waals surface area contributed by atoms with Gasteiger partial charge in [0.2, 0.25) is 5.95 Å². The second kappa shape index (κ2) is 5.66.